The third-order valence-electron chi connectivity index (χ3n) is 2.48. The Labute approximate surface area is 117 Å². The van der Waals surface area contributed by atoms with Crippen LogP contribution >= 0.6 is 11.8 Å². The van der Waals surface area contributed by atoms with E-state index >= 15 is 0 Å². The fourth-order valence-corrected chi connectivity index (χ4v) is 2.48. The Morgan fingerprint density at radius 3 is 2.84 bits per heavy atom. The second-order valence-corrected chi connectivity index (χ2v) is 5.28. The van der Waals surface area contributed by atoms with E-state index in [0.717, 1.165) is 22.2 Å². The zero-order valence-electron chi connectivity index (χ0n) is 11.4. The first kappa shape index (κ1) is 13.7. The first-order valence-electron chi connectivity index (χ1n) is 6.18. The molecule has 2 aromatic heterocycles. The minimum Gasteiger partial charge on any atom is -0.476 e. The van der Waals surface area contributed by atoms with E-state index in [0.29, 0.717) is 18.2 Å². The summed E-state index contributed by atoms with van der Waals surface area (Å²) in [5, 5.41) is 6.20. The fraction of sp³-hybridized carbons (Fsp3) is 0.385. The smallest absolute Gasteiger partial charge is 0.238 e. The topological polar surface area (TPSA) is 66.0 Å². The van der Waals surface area contributed by atoms with Gasteiger partial charge in [-0.05, 0) is 31.5 Å². The Balaban J connectivity index is 2.18. The normalized spacial score (nSPS) is 10.7. The largest absolute Gasteiger partial charge is 0.476 e. The highest BCUT2D eigenvalue weighted by molar-refractivity contribution is 7.99. The Morgan fingerprint density at radius 2 is 2.21 bits per heavy atom. The van der Waals surface area contributed by atoms with E-state index < -0.39 is 0 Å². The van der Waals surface area contributed by atoms with Gasteiger partial charge in [-0.3, -0.25) is 4.68 Å². The molecular weight excluding hydrogens is 260 g/mol. The molecular formula is C13H18N4OS. The number of pyridine rings is 1. The molecule has 0 radical (unpaired) electrons. The molecule has 0 aliphatic rings. The third-order valence-corrected chi connectivity index (χ3v) is 3.50. The van der Waals surface area contributed by atoms with Gasteiger partial charge in [0.05, 0.1) is 18.0 Å². The number of nitrogen functional groups attached to an aromatic ring is 1. The molecule has 0 atom stereocenters. The fourth-order valence-electron chi connectivity index (χ4n) is 1.59. The van der Waals surface area contributed by atoms with Crippen molar-refractivity contribution in [1.82, 2.24) is 14.8 Å². The van der Waals surface area contributed by atoms with Crippen molar-refractivity contribution >= 4 is 17.4 Å². The van der Waals surface area contributed by atoms with Crippen LogP contribution in [0.4, 0.5) is 5.69 Å². The van der Waals surface area contributed by atoms with Crippen LogP contribution in [0.5, 0.6) is 5.88 Å². The number of ether oxygens (including phenoxy) is 1. The quantitative estimate of drug-likeness (QED) is 0.910. The van der Waals surface area contributed by atoms with Gasteiger partial charge in [-0.2, -0.15) is 5.10 Å². The SMILES string of the molecule is CCCOc1nc(Sc2cc(C)nn2C)ccc1N. The van der Waals surface area contributed by atoms with Gasteiger partial charge in [0.1, 0.15) is 10.1 Å². The molecule has 0 saturated carbocycles. The Bertz CT molecular complexity index is 568. The lowest BCUT2D eigenvalue weighted by Crippen LogP contribution is -2.02. The monoisotopic (exact) mass is 278 g/mol. The lowest BCUT2D eigenvalue weighted by Gasteiger charge is -2.08. The van der Waals surface area contributed by atoms with Crippen molar-refractivity contribution in [1.29, 1.82) is 0 Å². The zero-order chi connectivity index (χ0) is 13.8. The third kappa shape index (κ3) is 3.41. The molecule has 2 heterocycles. The molecule has 19 heavy (non-hydrogen) atoms. The molecule has 0 unspecified atom stereocenters. The highest BCUT2D eigenvalue weighted by atomic mass is 32.2. The Hall–Kier alpha value is -1.69. The zero-order valence-corrected chi connectivity index (χ0v) is 12.2. The van der Waals surface area contributed by atoms with Crippen molar-refractivity contribution in [3.63, 3.8) is 0 Å². The number of hydrogen-bond donors (Lipinski definition) is 1. The summed E-state index contributed by atoms with van der Waals surface area (Å²) < 4.78 is 7.37. The number of nitrogens with zero attached hydrogens (tertiary/aromatic N) is 3. The van der Waals surface area contributed by atoms with Crippen LogP contribution in [-0.2, 0) is 7.05 Å². The molecule has 0 spiro atoms. The van der Waals surface area contributed by atoms with E-state index in [2.05, 4.69) is 10.1 Å². The van der Waals surface area contributed by atoms with Gasteiger partial charge < -0.3 is 10.5 Å². The number of nitrogens with two attached hydrogens (primary N) is 1. The predicted octanol–water partition coefficient (Wildman–Crippen LogP) is 2.65. The van der Waals surface area contributed by atoms with E-state index in [1.165, 1.54) is 0 Å². The summed E-state index contributed by atoms with van der Waals surface area (Å²) in [6.07, 6.45) is 0.930. The van der Waals surface area contributed by atoms with Crippen molar-refractivity contribution in [2.24, 2.45) is 7.05 Å². The van der Waals surface area contributed by atoms with Crippen molar-refractivity contribution < 1.29 is 4.74 Å². The van der Waals surface area contributed by atoms with Crippen molar-refractivity contribution in [3.05, 3.63) is 23.9 Å². The molecule has 0 amide bonds. The van der Waals surface area contributed by atoms with Gasteiger partial charge in [0.2, 0.25) is 5.88 Å². The maximum atomic E-state index is 5.84. The maximum Gasteiger partial charge on any atom is 0.238 e. The number of anilines is 1. The van der Waals surface area contributed by atoms with Crippen LogP contribution in [0.1, 0.15) is 19.0 Å². The maximum absolute atomic E-state index is 5.84. The number of aryl methyl sites for hydroxylation is 2. The van der Waals surface area contributed by atoms with E-state index in [9.17, 15) is 0 Å². The molecule has 5 nitrogen and oxygen atoms in total. The van der Waals surface area contributed by atoms with Crippen LogP contribution in [0.25, 0.3) is 0 Å². The number of rotatable bonds is 5. The van der Waals surface area contributed by atoms with Gasteiger partial charge >= 0.3 is 0 Å². The second-order valence-electron chi connectivity index (χ2n) is 4.24. The van der Waals surface area contributed by atoms with Crippen LogP contribution in [-0.4, -0.2) is 21.4 Å². The van der Waals surface area contributed by atoms with Crippen LogP contribution in [0.3, 0.4) is 0 Å². The Morgan fingerprint density at radius 1 is 1.42 bits per heavy atom. The molecule has 2 rings (SSSR count). The van der Waals surface area contributed by atoms with E-state index in [-0.39, 0.29) is 0 Å². The Kier molecular flexibility index (Phi) is 4.31. The van der Waals surface area contributed by atoms with E-state index in [1.807, 2.05) is 43.8 Å². The summed E-state index contributed by atoms with van der Waals surface area (Å²) in [6.45, 7) is 4.64. The highest BCUT2D eigenvalue weighted by Crippen LogP contribution is 2.29. The summed E-state index contributed by atoms with van der Waals surface area (Å²) in [5.41, 5.74) is 7.40. The number of aromatic nitrogens is 3. The first-order valence-corrected chi connectivity index (χ1v) is 6.99. The van der Waals surface area contributed by atoms with Crippen LogP contribution in [0.2, 0.25) is 0 Å². The minimum atomic E-state index is 0.505. The molecule has 0 bridgehead atoms. The minimum absolute atomic E-state index is 0.505. The van der Waals surface area contributed by atoms with Crippen LogP contribution in [0.15, 0.2) is 28.3 Å². The lowest BCUT2D eigenvalue weighted by atomic mass is 10.4. The summed E-state index contributed by atoms with van der Waals surface area (Å²) >= 11 is 1.55. The molecule has 0 aromatic carbocycles. The number of hydrogen-bond acceptors (Lipinski definition) is 5. The summed E-state index contributed by atoms with van der Waals surface area (Å²) in [5.74, 6) is 0.505. The summed E-state index contributed by atoms with van der Waals surface area (Å²) in [7, 11) is 1.92. The standard InChI is InChI=1S/C13H18N4OS/c1-4-7-18-13-10(14)5-6-11(15-13)19-12-8-9(2)16-17(12)3/h5-6,8H,4,7,14H2,1-3H3. The molecule has 2 N–H and O–H groups in total. The predicted molar refractivity (Wildman–Crippen MR) is 76.5 cm³/mol. The van der Waals surface area contributed by atoms with E-state index in [4.69, 9.17) is 10.5 Å². The molecule has 2 aromatic rings. The summed E-state index contributed by atoms with van der Waals surface area (Å²) in [6, 6.07) is 5.74. The van der Waals surface area contributed by atoms with Crippen molar-refractivity contribution in [3.8, 4) is 5.88 Å². The average Bonchev–Trinajstić information content (AvgIpc) is 2.68. The molecule has 0 saturated heterocycles. The lowest BCUT2D eigenvalue weighted by molar-refractivity contribution is 0.305. The molecule has 6 heteroatoms. The molecule has 0 aliphatic heterocycles. The second kappa shape index (κ2) is 5.97. The first-order chi connectivity index (χ1) is 9.10. The van der Waals surface area contributed by atoms with Gasteiger partial charge in [-0.1, -0.05) is 18.7 Å². The van der Waals surface area contributed by atoms with Gasteiger partial charge in [-0.25, -0.2) is 4.98 Å². The van der Waals surface area contributed by atoms with Crippen molar-refractivity contribution in [2.75, 3.05) is 12.3 Å². The highest BCUT2D eigenvalue weighted by Gasteiger charge is 2.08. The van der Waals surface area contributed by atoms with Crippen LogP contribution in [0, 0.1) is 6.92 Å². The van der Waals surface area contributed by atoms with Gasteiger partial charge in [0.15, 0.2) is 0 Å². The van der Waals surface area contributed by atoms with Gasteiger partial charge in [0, 0.05) is 7.05 Å². The molecule has 0 aliphatic carbocycles. The van der Waals surface area contributed by atoms with Gasteiger partial charge in [0.25, 0.3) is 0 Å². The van der Waals surface area contributed by atoms with Crippen molar-refractivity contribution in [2.45, 2.75) is 30.3 Å². The summed E-state index contributed by atoms with van der Waals surface area (Å²) in [4.78, 5) is 4.43. The molecule has 0 fully saturated rings. The average molecular weight is 278 g/mol. The van der Waals surface area contributed by atoms with Gasteiger partial charge in [-0.15, -0.1) is 0 Å². The van der Waals surface area contributed by atoms with Crippen LogP contribution < -0.4 is 10.5 Å². The van der Waals surface area contributed by atoms with E-state index in [1.54, 1.807) is 11.8 Å². The molecule has 102 valence electrons.